The van der Waals surface area contributed by atoms with Gasteiger partial charge in [0.2, 0.25) is 0 Å². The summed E-state index contributed by atoms with van der Waals surface area (Å²) in [5, 5.41) is 12.9. The number of rotatable bonds is 4. The molecule has 96 valence electrons. The first kappa shape index (κ1) is 12.9. The highest BCUT2D eigenvalue weighted by atomic mass is 16.7. The van der Waals surface area contributed by atoms with Gasteiger partial charge in [-0.2, -0.15) is 0 Å². The van der Waals surface area contributed by atoms with Gasteiger partial charge in [0, 0.05) is 10.5 Å². The van der Waals surface area contributed by atoms with Crippen molar-refractivity contribution < 1.29 is 14.6 Å². The number of aliphatic hydroxyl groups excluding tert-OH is 1. The van der Waals surface area contributed by atoms with E-state index in [1.807, 2.05) is 24.3 Å². The number of azide groups is 1. The van der Waals surface area contributed by atoms with Gasteiger partial charge in [0.05, 0.1) is 25.9 Å². The molecule has 2 rings (SSSR count). The smallest absolute Gasteiger partial charge is 0.184 e. The van der Waals surface area contributed by atoms with Gasteiger partial charge in [-0.1, -0.05) is 29.4 Å². The van der Waals surface area contributed by atoms with Gasteiger partial charge in [0.25, 0.3) is 0 Å². The Morgan fingerprint density at radius 1 is 1.39 bits per heavy atom. The Bertz CT molecular complexity index is 440. The first-order valence-corrected chi connectivity index (χ1v) is 5.84. The number of ether oxygens (including phenoxy) is 2. The summed E-state index contributed by atoms with van der Waals surface area (Å²) in [6, 6.07) is 6.76. The van der Waals surface area contributed by atoms with Crippen LogP contribution in [-0.4, -0.2) is 24.9 Å². The lowest BCUT2D eigenvalue weighted by Gasteiger charge is -2.26. The van der Waals surface area contributed by atoms with Crippen molar-refractivity contribution in [3.8, 4) is 0 Å². The van der Waals surface area contributed by atoms with E-state index in [1.54, 1.807) is 0 Å². The van der Waals surface area contributed by atoms with Gasteiger partial charge in [-0.15, -0.1) is 0 Å². The van der Waals surface area contributed by atoms with Gasteiger partial charge >= 0.3 is 0 Å². The summed E-state index contributed by atoms with van der Waals surface area (Å²) < 4.78 is 11.1. The third kappa shape index (κ3) is 2.80. The maximum Gasteiger partial charge on any atom is 0.184 e. The first-order valence-electron chi connectivity index (χ1n) is 5.84. The maximum atomic E-state index is 9.29. The summed E-state index contributed by atoms with van der Waals surface area (Å²) in [5.41, 5.74) is 10.1. The largest absolute Gasteiger partial charge is 0.396 e. The lowest BCUT2D eigenvalue weighted by Crippen LogP contribution is -2.20. The molecule has 1 fully saturated rings. The molecule has 0 aromatic heterocycles. The molecule has 1 saturated heterocycles. The van der Waals surface area contributed by atoms with Crippen LogP contribution in [0.2, 0.25) is 0 Å². The topological polar surface area (TPSA) is 87.5 Å². The van der Waals surface area contributed by atoms with Crippen molar-refractivity contribution >= 4 is 0 Å². The molecule has 0 amide bonds. The summed E-state index contributed by atoms with van der Waals surface area (Å²) in [6.45, 7) is 1.04. The molecule has 0 spiro atoms. The van der Waals surface area contributed by atoms with Crippen molar-refractivity contribution in [1.82, 2.24) is 0 Å². The van der Waals surface area contributed by atoms with E-state index in [0.717, 1.165) is 17.5 Å². The van der Waals surface area contributed by atoms with Crippen LogP contribution in [0, 0.1) is 0 Å². The molecule has 0 radical (unpaired) electrons. The van der Waals surface area contributed by atoms with Crippen LogP contribution in [0.15, 0.2) is 29.4 Å². The SMILES string of the molecule is [N-]=[N+]=N[C@H](CO)c1ccccc1C1OCCCO1. The van der Waals surface area contributed by atoms with Crippen LogP contribution in [0.5, 0.6) is 0 Å². The lowest BCUT2D eigenvalue weighted by molar-refractivity contribution is -0.183. The molecule has 1 heterocycles. The number of aliphatic hydroxyl groups is 1. The van der Waals surface area contributed by atoms with Crippen LogP contribution in [0.25, 0.3) is 10.4 Å². The zero-order chi connectivity index (χ0) is 12.8. The van der Waals surface area contributed by atoms with Gasteiger partial charge in [-0.25, -0.2) is 0 Å². The number of hydrogen-bond donors (Lipinski definition) is 1. The van der Waals surface area contributed by atoms with Crippen molar-refractivity contribution in [2.75, 3.05) is 19.8 Å². The zero-order valence-electron chi connectivity index (χ0n) is 9.90. The van der Waals surface area contributed by atoms with Crippen LogP contribution in [0.4, 0.5) is 0 Å². The van der Waals surface area contributed by atoms with Crippen LogP contribution < -0.4 is 0 Å². The molecule has 1 aromatic carbocycles. The van der Waals surface area contributed by atoms with Gasteiger partial charge in [0.15, 0.2) is 6.29 Å². The maximum absolute atomic E-state index is 9.29. The normalized spacial score (nSPS) is 18.1. The quantitative estimate of drug-likeness (QED) is 0.505. The van der Waals surface area contributed by atoms with E-state index >= 15 is 0 Å². The highest BCUT2D eigenvalue weighted by Gasteiger charge is 2.22. The molecule has 0 bridgehead atoms. The minimum absolute atomic E-state index is 0.242. The minimum Gasteiger partial charge on any atom is -0.396 e. The summed E-state index contributed by atoms with van der Waals surface area (Å²) in [6.07, 6.45) is 0.427. The lowest BCUT2D eigenvalue weighted by atomic mass is 10.0. The number of nitrogens with zero attached hydrogens (tertiary/aromatic N) is 3. The second-order valence-electron chi connectivity index (χ2n) is 3.96. The molecule has 0 aliphatic carbocycles. The van der Waals surface area contributed by atoms with E-state index in [4.69, 9.17) is 15.0 Å². The third-order valence-corrected chi connectivity index (χ3v) is 2.80. The van der Waals surface area contributed by atoms with Gasteiger partial charge in [-0.05, 0) is 17.5 Å². The molecule has 6 nitrogen and oxygen atoms in total. The fourth-order valence-electron chi connectivity index (χ4n) is 1.96. The molecule has 0 saturated carbocycles. The third-order valence-electron chi connectivity index (χ3n) is 2.80. The monoisotopic (exact) mass is 249 g/mol. The fourth-order valence-corrected chi connectivity index (χ4v) is 1.96. The fraction of sp³-hybridized carbons (Fsp3) is 0.500. The molecule has 1 N–H and O–H groups in total. The van der Waals surface area contributed by atoms with Gasteiger partial charge < -0.3 is 14.6 Å². The second-order valence-corrected chi connectivity index (χ2v) is 3.96. The van der Waals surface area contributed by atoms with Crippen molar-refractivity contribution in [1.29, 1.82) is 0 Å². The van der Waals surface area contributed by atoms with E-state index in [-0.39, 0.29) is 6.61 Å². The molecule has 0 unspecified atom stereocenters. The summed E-state index contributed by atoms with van der Waals surface area (Å²) >= 11 is 0. The van der Waals surface area contributed by atoms with Crippen molar-refractivity contribution in [2.45, 2.75) is 18.8 Å². The Kier molecular flexibility index (Phi) is 4.55. The summed E-state index contributed by atoms with van der Waals surface area (Å²) in [5.74, 6) is 0. The molecule has 1 aromatic rings. The molecule has 1 atom stereocenters. The second kappa shape index (κ2) is 6.37. The Labute approximate surface area is 105 Å². The molecular weight excluding hydrogens is 234 g/mol. The Balaban J connectivity index is 2.31. The Morgan fingerprint density at radius 2 is 2.11 bits per heavy atom. The van der Waals surface area contributed by atoms with Crippen LogP contribution in [-0.2, 0) is 9.47 Å². The molecule has 6 heteroatoms. The van der Waals surface area contributed by atoms with Crippen LogP contribution in [0.3, 0.4) is 0 Å². The van der Waals surface area contributed by atoms with Crippen molar-refractivity contribution in [3.63, 3.8) is 0 Å². The first-order chi connectivity index (χ1) is 8.86. The van der Waals surface area contributed by atoms with Crippen molar-refractivity contribution in [2.24, 2.45) is 5.11 Å². The molecule has 1 aliphatic heterocycles. The molecular formula is C12H15N3O3. The standard InChI is InChI=1S/C12H15N3O3/c13-15-14-11(8-16)9-4-1-2-5-10(9)12-17-6-3-7-18-12/h1-2,4-5,11-12,16H,3,6-8H2/t11-/m1/s1. The average molecular weight is 249 g/mol. The predicted molar refractivity (Wildman–Crippen MR) is 64.7 cm³/mol. The van der Waals surface area contributed by atoms with Gasteiger partial charge in [-0.3, -0.25) is 0 Å². The number of benzene rings is 1. The predicted octanol–water partition coefficient (Wildman–Crippen LogP) is 2.47. The zero-order valence-corrected chi connectivity index (χ0v) is 9.90. The van der Waals surface area contributed by atoms with Crippen LogP contribution >= 0.6 is 0 Å². The highest BCUT2D eigenvalue weighted by Crippen LogP contribution is 2.30. The van der Waals surface area contributed by atoms with E-state index in [0.29, 0.717) is 13.2 Å². The Hall–Kier alpha value is -1.59. The van der Waals surface area contributed by atoms with Crippen molar-refractivity contribution in [3.05, 3.63) is 45.8 Å². The average Bonchev–Trinajstić information content (AvgIpc) is 2.46. The van der Waals surface area contributed by atoms with E-state index in [1.165, 1.54) is 0 Å². The number of hydrogen-bond acceptors (Lipinski definition) is 4. The van der Waals surface area contributed by atoms with E-state index in [2.05, 4.69) is 10.0 Å². The highest BCUT2D eigenvalue weighted by molar-refractivity contribution is 5.31. The van der Waals surface area contributed by atoms with Gasteiger partial charge in [0.1, 0.15) is 0 Å². The Morgan fingerprint density at radius 3 is 2.78 bits per heavy atom. The summed E-state index contributed by atoms with van der Waals surface area (Å²) in [7, 11) is 0. The van der Waals surface area contributed by atoms with E-state index in [9.17, 15) is 5.11 Å². The summed E-state index contributed by atoms with van der Waals surface area (Å²) in [4.78, 5) is 2.75. The molecule has 1 aliphatic rings. The molecule has 18 heavy (non-hydrogen) atoms. The van der Waals surface area contributed by atoms with E-state index < -0.39 is 12.3 Å². The van der Waals surface area contributed by atoms with Crippen LogP contribution in [0.1, 0.15) is 29.9 Å². The minimum atomic E-state index is -0.611.